The maximum atomic E-state index is 12.7. The number of amides is 1. The number of benzene rings is 1. The van der Waals surface area contributed by atoms with E-state index in [0.29, 0.717) is 12.3 Å². The number of piperidine rings is 1. The van der Waals surface area contributed by atoms with Crippen LogP contribution in [0.25, 0.3) is 10.9 Å². The molecule has 5 rings (SSSR count). The Morgan fingerprint density at radius 2 is 2.07 bits per heavy atom. The topological polar surface area (TPSA) is 54.6 Å². The average Bonchev–Trinajstić information content (AvgIpc) is 3.10. The first kappa shape index (κ1) is 17.3. The van der Waals surface area contributed by atoms with Crippen LogP contribution < -0.4 is 0 Å². The van der Waals surface area contributed by atoms with Crippen molar-refractivity contribution in [1.82, 2.24) is 9.88 Å². The van der Waals surface area contributed by atoms with Gasteiger partial charge in [0.15, 0.2) is 0 Å². The van der Waals surface area contributed by atoms with Gasteiger partial charge in [0, 0.05) is 43.6 Å². The highest BCUT2D eigenvalue weighted by Crippen LogP contribution is 2.43. The van der Waals surface area contributed by atoms with Gasteiger partial charge in [-0.3, -0.25) is 4.79 Å². The molecule has 5 nitrogen and oxygen atoms in total. The molecule has 1 unspecified atom stereocenters. The second-order valence-corrected chi connectivity index (χ2v) is 8.28. The lowest BCUT2D eigenvalue weighted by atomic mass is 9.83. The number of nitrogens with one attached hydrogen (secondary N) is 1. The molecule has 1 aromatic heterocycles. The monoisotopic (exact) mass is 368 g/mol. The molecule has 4 heterocycles. The number of aromatic nitrogens is 1. The number of aromatic amines is 1. The Morgan fingerprint density at radius 3 is 2.89 bits per heavy atom. The Kier molecular flexibility index (Phi) is 4.44. The highest BCUT2D eigenvalue weighted by atomic mass is 16.5. The molecule has 1 spiro atoms. The van der Waals surface area contributed by atoms with Gasteiger partial charge >= 0.3 is 0 Å². The Balaban J connectivity index is 1.31. The largest absolute Gasteiger partial charge is 0.381 e. The third-order valence-corrected chi connectivity index (χ3v) is 6.64. The number of hydrogen-bond donors (Lipinski definition) is 1. The molecule has 2 fully saturated rings. The minimum absolute atomic E-state index is 0.253. The van der Waals surface area contributed by atoms with Crippen molar-refractivity contribution in [3.8, 4) is 0 Å². The zero-order chi connectivity index (χ0) is 18.3. The number of carbonyl (C=O) groups excluding carboxylic acids is 1. The molecule has 2 aromatic rings. The molecule has 0 aliphatic carbocycles. The van der Waals surface area contributed by atoms with E-state index in [4.69, 9.17) is 9.47 Å². The Morgan fingerprint density at radius 1 is 1.22 bits per heavy atom. The van der Waals surface area contributed by atoms with E-state index in [-0.39, 0.29) is 11.5 Å². The van der Waals surface area contributed by atoms with Crippen LogP contribution in [0.1, 0.15) is 43.4 Å². The van der Waals surface area contributed by atoms with Crippen molar-refractivity contribution in [3.63, 3.8) is 0 Å². The zero-order valence-electron chi connectivity index (χ0n) is 15.8. The van der Waals surface area contributed by atoms with Crippen molar-refractivity contribution >= 4 is 16.8 Å². The predicted molar refractivity (Wildman–Crippen MR) is 104 cm³/mol. The van der Waals surface area contributed by atoms with Crippen LogP contribution in [0.15, 0.2) is 24.3 Å². The molecular formula is C22H28N2O3. The predicted octanol–water partition coefficient (Wildman–Crippen LogP) is 3.38. The summed E-state index contributed by atoms with van der Waals surface area (Å²) in [5, 5.41) is 1.32. The molecule has 27 heavy (non-hydrogen) atoms. The zero-order valence-corrected chi connectivity index (χ0v) is 15.8. The van der Waals surface area contributed by atoms with Crippen molar-refractivity contribution < 1.29 is 14.3 Å². The van der Waals surface area contributed by atoms with Crippen LogP contribution >= 0.6 is 0 Å². The van der Waals surface area contributed by atoms with Gasteiger partial charge in [-0.2, -0.15) is 0 Å². The molecule has 1 N–H and O–H groups in total. The van der Waals surface area contributed by atoms with Crippen LogP contribution in [0, 0.1) is 5.92 Å². The summed E-state index contributed by atoms with van der Waals surface area (Å²) >= 11 is 0. The van der Waals surface area contributed by atoms with Crippen molar-refractivity contribution in [2.24, 2.45) is 5.92 Å². The Bertz CT molecular complexity index is 829. The molecule has 3 aliphatic heterocycles. The van der Waals surface area contributed by atoms with Gasteiger partial charge in [0.1, 0.15) is 5.60 Å². The van der Waals surface area contributed by atoms with Gasteiger partial charge in [-0.1, -0.05) is 18.2 Å². The molecule has 0 radical (unpaired) electrons. The molecule has 3 aliphatic rings. The Labute approximate surface area is 160 Å². The first-order chi connectivity index (χ1) is 13.3. The summed E-state index contributed by atoms with van der Waals surface area (Å²) in [4.78, 5) is 18.4. The van der Waals surface area contributed by atoms with Gasteiger partial charge in [-0.25, -0.2) is 0 Å². The highest BCUT2D eigenvalue weighted by molar-refractivity contribution is 5.85. The number of carbonyl (C=O) groups is 1. The van der Waals surface area contributed by atoms with Crippen LogP contribution in [0.3, 0.4) is 0 Å². The van der Waals surface area contributed by atoms with Crippen molar-refractivity contribution in [2.45, 2.75) is 44.1 Å². The SMILES string of the molecule is O=C(CC1CCCOC1)N1CCC2(CC1)OCCc1c2[nH]c2ccccc12. The van der Waals surface area contributed by atoms with Gasteiger partial charge in [-0.15, -0.1) is 0 Å². The fraction of sp³-hybridized carbons (Fsp3) is 0.591. The molecule has 1 aromatic carbocycles. The number of ether oxygens (including phenoxy) is 2. The van der Waals surface area contributed by atoms with Crippen molar-refractivity contribution in [2.75, 3.05) is 32.9 Å². The maximum absolute atomic E-state index is 12.7. The molecule has 1 amide bonds. The summed E-state index contributed by atoms with van der Waals surface area (Å²) in [6.45, 7) is 3.91. The minimum atomic E-state index is -0.253. The van der Waals surface area contributed by atoms with E-state index in [1.54, 1.807) is 0 Å². The number of nitrogens with zero attached hydrogens (tertiary/aromatic N) is 1. The first-order valence-corrected chi connectivity index (χ1v) is 10.3. The van der Waals surface area contributed by atoms with E-state index >= 15 is 0 Å². The molecule has 2 saturated heterocycles. The van der Waals surface area contributed by atoms with Crippen LogP contribution in [0.4, 0.5) is 0 Å². The lowest BCUT2D eigenvalue weighted by molar-refractivity contribution is -0.143. The number of hydrogen-bond acceptors (Lipinski definition) is 3. The number of likely N-dealkylation sites (tertiary alicyclic amines) is 1. The number of H-pyrrole nitrogens is 1. The van der Waals surface area contributed by atoms with Crippen LogP contribution in [0.2, 0.25) is 0 Å². The summed E-state index contributed by atoms with van der Waals surface area (Å²) in [6.07, 6.45) is 5.54. The summed E-state index contributed by atoms with van der Waals surface area (Å²) in [6, 6.07) is 8.53. The van der Waals surface area contributed by atoms with Gasteiger partial charge < -0.3 is 19.4 Å². The number of rotatable bonds is 2. The summed E-state index contributed by atoms with van der Waals surface area (Å²) in [5.74, 6) is 0.682. The van der Waals surface area contributed by atoms with E-state index in [2.05, 4.69) is 29.2 Å². The second kappa shape index (κ2) is 6.95. The quantitative estimate of drug-likeness (QED) is 0.884. The number of para-hydroxylation sites is 1. The molecule has 5 heteroatoms. The van der Waals surface area contributed by atoms with Crippen molar-refractivity contribution in [3.05, 3.63) is 35.5 Å². The Hall–Kier alpha value is -1.85. The number of fused-ring (bicyclic) bond motifs is 4. The van der Waals surface area contributed by atoms with Gasteiger partial charge in [0.2, 0.25) is 5.91 Å². The molecule has 0 saturated carbocycles. The maximum Gasteiger partial charge on any atom is 0.222 e. The van der Waals surface area contributed by atoms with E-state index in [0.717, 1.165) is 65.0 Å². The van der Waals surface area contributed by atoms with E-state index < -0.39 is 0 Å². The second-order valence-electron chi connectivity index (χ2n) is 8.28. The van der Waals surface area contributed by atoms with Crippen LogP contribution in [0.5, 0.6) is 0 Å². The van der Waals surface area contributed by atoms with E-state index in [1.165, 1.54) is 22.2 Å². The van der Waals surface area contributed by atoms with Crippen LogP contribution in [-0.2, 0) is 26.3 Å². The lowest BCUT2D eigenvalue weighted by Gasteiger charge is -2.44. The smallest absolute Gasteiger partial charge is 0.222 e. The first-order valence-electron chi connectivity index (χ1n) is 10.3. The van der Waals surface area contributed by atoms with Gasteiger partial charge in [0.25, 0.3) is 0 Å². The van der Waals surface area contributed by atoms with E-state index in [9.17, 15) is 4.79 Å². The molecular weight excluding hydrogens is 340 g/mol. The van der Waals surface area contributed by atoms with Crippen molar-refractivity contribution in [1.29, 1.82) is 0 Å². The summed E-state index contributed by atoms with van der Waals surface area (Å²) in [5.41, 5.74) is 3.61. The van der Waals surface area contributed by atoms with Gasteiger partial charge in [0.05, 0.1) is 12.3 Å². The standard InChI is InChI=1S/C22H28N2O3/c25-20(14-16-4-3-12-26-15-16)24-10-8-22(9-11-24)21-18(7-13-27-22)17-5-1-2-6-19(17)23-21/h1-2,5-6,16,23H,3-4,7-15H2. The third-order valence-electron chi connectivity index (χ3n) is 6.64. The van der Waals surface area contributed by atoms with Gasteiger partial charge in [-0.05, 0) is 49.7 Å². The highest BCUT2D eigenvalue weighted by Gasteiger charge is 2.43. The molecule has 144 valence electrons. The normalized spacial score (nSPS) is 24.9. The van der Waals surface area contributed by atoms with Crippen LogP contribution in [-0.4, -0.2) is 48.7 Å². The molecule has 0 bridgehead atoms. The molecule has 1 atom stereocenters. The summed E-state index contributed by atoms with van der Waals surface area (Å²) < 4.78 is 11.9. The minimum Gasteiger partial charge on any atom is -0.381 e. The third kappa shape index (κ3) is 3.07. The van der Waals surface area contributed by atoms with E-state index in [1.807, 2.05) is 4.90 Å². The lowest BCUT2D eigenvalue weighted by Crippen LogP contribution is -2.48. The average molecular weight is 368 g/mol. The fourth-order valence-corrected chi connectivity index (χ4v) is 5.13. The fourth-order valence-electron chi connectivity index (χ4n) is 5.13. The summed E-state index contributed by atoms with van der Waals surface area (Å²) in [7, 11) is 0.